The van der Waals surface area contributed by atoms with Gasteiger partial charge in [-0.2, -0.15) is 0 Å². The monoisotopic (exact) mass is 261 g/mol. The maximum Gasteiger partial charge on any atom is 0.226 e. The first-order valence-corrected chi connectivity index (χ1v) is 6.38. The van der Waals surface area contributed by atoms with Gasteiger partial charge in [0.2, 0.25) is 11.8 Å². The number of benzene rings is 1. The van der Waals surface area contributed by atoms with Crippen molar-refractivity contribution in [2.45, 2.75) is 27.7 Å². The SMILES string of the molecule is [CH2]c1cc(NC(=O)C(C)C)cc(NC(=O)C(C)C)c1. The number of carbonyl (C=O) groups is 2. The highest BCUT2D eigenvalue weighted by atomic mass is 16.2. The summed E-state index contributed by atoms with van der Waals surface area (Å²) in [6, 6.07) is 5.27. The molecule has 0 heterocycles. The molecule has 0 aliphatic rings. The van der Waals surface area contributed by atoms with Crippen LogP contribution in [0.1, 0.15) is 33.3 Å². The van der Waals surface area contributed by atoms with Crippen LogP contribution in [0.4, 0.5) is 11.4 Å². The lowest BCUT2D eigenvalue weighted by molar-refractivity contribution is -0.119. The largest absolute Gasteiger partial charge is 0.326 e. The third-order valence-electron chi connectivity index (χ3n) is 2.58. The average Bonchev–Trinajstić information content (AvgIpc) is 2.27. The van der Waals surface area contributed by atoms with Crippen LogP contribution in [-0.2, 0) is 9.59 Å². The summed E-state index contributed by atoms with van der Waals surface area (Å²) in [6.07, 6.45) is 0. The molecule has 0 fully saturated rings. The molecule has 0 bridgehead atoms. The van der Waals surface area contributed by atoms with Gasteiger partial charge in [-0.3, -0.25) is 9.59 Å². The van der Waals surface area contributed by atoms with Crippen molar-refractivity contribution in [1.82, 2.24) is 0 Å². The van der Waals surface area contributed by atoms with E-state index in [1.807, 2.05) is 27.7 Å². The molecule has 19 heavy (non-hydrogen) atoms. The summed E-state index contributed by atoms with van der Waals surface area (Å²) in [4.78, 5) is 23.3. The molecular formula is C15H21N2O2. The van der Waals surface area contributed by atoms with Crippen molar-refractivity contribution in [2.75, 3.05) is 10.6 Å². The molecule has 103 valence electrons. The van der Waals surface area contributed by atoms with Gasteiger partial charge in [-0.15, -0.1) is 0 Å². The summed E-state index contributed by atoms with van der Waals surface area (Å²) in [5.41, 5.74) is 2.02. The van der Waals surface area contributed by atoms with Gasteiger partial charge < -0.3 is 10.6 Å². The molecule has 2 N–H and O–H groups in total. The van der Waals surface area contributed by atoms with Crippen LogP contribution in [0, 0.1) is 18.8 Å². The Balaban J connectivity index is 2.88. The first-order valence-electron chi connectivity index (χ1n) is 6.38. The molecule has 0 saturated heterocycles. The van der Waals surface area contributed by atoms with Gasteiger partial charge in [0.25, 0.3) is 0 Å². The minimum Gasteiger partial charge on any atom is -0.326 e. The Morgan fingerprint density at radius 3 is 1.58 bits per heavy atom. The van der Waals surface area contributed by atoms with Crippen molar-refractivity contribution in [3.05, 3.63) is 30.7 Å². The van der Waals surface area contributed by atoms with Gasteiger partial charge in [-0.1, -0.05) is 27.7 Å². The number of anilines is 2. The first kappa shape index (κ1) is 15.2. The van der Waals surface area contributed by atoms with Crippen molar-refractivity contribution in [2.24, 2.45) is 11.8 Å². The van der Waals surface area contributed by atoms with E-state index >= 15 is 0 Å². The first-order chi connectivity index (χ1) is 8.79. The van der Waals surface area contributed by atoms with Crippen LogP contribution < -0.4 is 10.6 Å². The van der Waals surface area contributed by atoms with Crippen molar-refractivity contribution in [3.8, 4) is 0 Å². The number of amides is 2. The van der Waals surface area contributed by atoms with Crippen molar-refractivity contribution in [3.63, 3.8) is 0 Å². The Morgan fingerprint density at radius 1 is 0.895 bits per heavy atom. The van der Waals surface area contributed by atoms with Gasteiger partial charge >= 0.3 is 0 Å². The molecule has 0 aromatic heterocycles. The zero-order valence-corrected chi connectivity index (χ0v) is 11.9. The Kier molecular flexibility index (Phi) is 5.10. The number of carbonyl (C=O) groups excluding carboxylic acids is 2. The predicted molar refractivity (Wildman–Crippen MR) is 77.8 cm³/mol. The fourth-order valence-electron chi connectivity index (χ4n) is 1.41. The van der Waals surface area contributed by atoms with E-state index in [0.29, 0.717) is 11.4 Å². The summed E-state index contributed by atoms with van der Waals surface area (Å²) < 4.78 is 0. The molecule has 0 aliphatic heterocycles. The van der Waals surface area contributed by atoms with Crippen molar-refractivity contribution in [1.29, 1.82) is 0 Å². The van der Waals surface area contributed by atoms with E-state index in [-0.39, 0.29) is 23.7 Å². The normalized spacial score (nSPS) is 10.7. The fourth-order valence-corrected chi connectivity index (χ4v) is 1.41. The average molecular weight is 261 g/mol. The maximum atomic E-state index is 11.6. The van der Waals surface area contributed by atoms with Gasteiger partial charge in [0.05, 0.1) is 0 Å². The standard InChI is InChI=1S/C15H21N2O2/c1-9(2)14(18)16-12-6-11(5)7-13(8-12)17-15(19)10(3)4/h6-10H,5H2,1-4H3,(H,16,18)(H,17,19). The highest BCUT2D eigenvalue weighted by Gasteiger charge is 2.10. The lowest BCUT2D eigenvalue weighted by Gasteiger charge is -2.12. The smallest absolute Gasteiger partial charge is 0.226 e. The molecule has 1 rings (SSSR count). The minimum absolute atomic E-state index is 0.0632. The molecule has 1 aromatic carbocycles. The summed E-state index contributed by atoms with van der Waals surface area (Å²) in [5, 5.41) is 5.59. The lowest BCUT2D eigenvalue weighted by atomic mass is 10.1. The van der Waals surface area contributed by atoms with Crippen LogP contribution in [0.5, 0.6) is 0 Å². The second-order valence-corrected chi connectivity index (χ2v) is 5.21. The molecule has 0 aliphatic carbocycles. The predicted octanol–water partition coefficient (Wildman–Crippen LogP) is 3.06. The summed E-state index contributed by atoms with van der Waals surface area (Å²) in [7, 11) is 0. The zero-order valence-electron chi connectivity index (χ0n) is 11.9. The molecule has 1 aromatic rings. The number of nitrogens with one attached hydrogen (secondary N) is 2. The maximum absolute atomic E-state index is 11.6. The lowest BCUT2D eigenvalue weighted by Crippen LogP contribution is -2.19. The van der Waals surface area contributed by atoms with Crippen LogP contribution >= 0.6 is 0 Å². The highest BCUT2D eigenvalue weighted by molar-refractivity contribution is 5.95. The third-order valence-corrected chi connectivity index (χ3v) is 2.58. The molecule has 4 heteroatoms. The quantitative estimate of drug-likeness (QED) is 0.875. The van der Waals surface area contributed by atoms with E-state index in [9.17, 15) is 9.59 Å². The van der Waals surface area contributed by atoms with E-state index in [1.165, 1.54) is 0 Å². The number of rotatable bonds is 4. The van der Waals surface area contributed by atoms with Gasteiger partial charge in [-0.25, -0.2) is 0 Å². The molecule has 0 unspecified atom stereocenters. The number of hydrogen-bond acceptors (Lipinski definition) is 2. The molecule has 2 amide bonds. The van der Waals surface area contributed by atoms with E-state index in [4.69, 9.17) is 0 Å². The van der Waals surface area contributed by atoms with E-state index in [0.717, 1.165) is 5.56 Å². The van der Waals surface area contributed by atoms with Crippen LogP contribution in [0.2, 0.25) is 0 Å². The molecule has 1 radical (unpaired) electrons. The molecular weight excluding hydrogens is 240 g/mol. The minimum atomic E-state index is -0.0952. The van der Waals surface area contributed by atoms with Gasteiger partial charge in [0.1, 0.15) is 0 Å². The van der Waals surface area contributed by atoms with Crippen molar-refractivity contribution >= 4 is 23.2 Å². The number of hydrogen-bond donors (Lipinski definition) is 2. The summed E-state index contributed by atoms with van der Waals surface area (Å²) in [5.74, 6) is -0.317. The Bertz CT molecular complexity index is 439. The van der Waals surface area contributed by atoms with Crippen LogP contribution in [0.3, 0.4) is 0 Å². The van der Waals surface area contributed by atoms with Gasteiger partial charge in [0, 0.05) is 23.2 Å². The molecule has 0 saturated carbocycles. The van der Waals surface area contributed by atoms with Gasteiger partial charge in [-0.05, 0) is 30.7 Å². The Hall–Kier alpha value is -1.84. The fraction of sp³-hybridized carbons (Fsp3) is 0.400. The third kappa shape index (κ3) is 4.73. The Morgan fingerprint density at radius 2 is 1.26 bits per heavy atom. The van der Waals surface area contributed by atoms with Crippen LogP contribution in [-0.4, -0.2) is 11.8 Å². The van der Waals surface area contributed by atoms with Crippen LogP contribution in [0.15, 0.2) is 18.2 Å². The zero-order chi connectivity index (χ0) is 14.6. The Labute approximate surface area is 114 Å². The van der Waals surface area contributed by atoms with E-state index in [1.54, 1.807) is 18.2 Å². The van der Waals surface area contributed by atoms with Crippen molar-refractivity contribution < 1.29 is 9.59 Å². The topological polar surface area (TPSA) is 58.2 Å². The summed E-state index contributed by atoms with van der Waals surface area (Å²) in [6.45, 7) is 11.1. The molecule has 0 spiro atoms. The van der Waals surface area contributed by atoms with E-state index in [2.05, 4.69) is 17.6 Å². The summed E-state index contributed by atoms with van der Waals surface area (Å²) >= 11 is 0. The second-order valence-electron chi connectivity index (χ2n) is 5.21. The van der Waals surface area contributed by atoms with Gasteiger partial charge in [0.15, 0.2) is 0 Å². The molecule has 4 nitrogen and oxygen atoms in total. The van der Waals surface area contributed by atoms with Crippen LogP contribution in [0.25, 0.3) is 0 Å². The second kappa shape index (κ2) is 6.36. The van der Waals surface area contributed by atoms with E-state index < -0.39 is 0 Å². The molecule has 0 atom stereocenters. The highest BCUT2D eigenvalue weighted by Crippen LogP contribution is 2.20.